The molecule has 0 radical (unpaired) electrons. The van der Waals surface area contributed by atoms with Crippen LogP contribution >= 0.6 is 0 Å². The van der Waals surface area contributed by atoms with Crippen LogP contribution in [0.4, 0.5) is 10.5 Å². The lowest BCUT2D eigenvalue weighted by Gasteiger charge is -2.16. The number of carbonyl (C=O) groups excluding carboxylic acids is 3. The molecule has 3 N–H and O–H groups in total. The van der Waals surface area contributed by atoms with Gasteiger partial charge < -0.3 is 16.0 Å². The van der Waals surface area contributed by atoms with Crippen molar-refractivity contribution in [3.63, 3.8) is 0 Å². The predicted octanol–water partition coefficient (Wildman–Crippen LogP) is 1.92. The lowest BCUT2D eigenvalue weighted by Crippen LogP contribution is -2.48. The molecule has 1 unspecified atom stereocenters. The van der Waals surface area contributed by atoms with Crippen LogP contribution in [-0.2, 0) is 4.79 Å². The molecule has 1 atom stereocenters. The first-order valence-electron chi connectivity index (χ1n) is 6.78. The highest BCUT2D eigenvalue weighted by Crippen LogP contribution is 2.11. The van der Waals surface area contributed by atoms with E-state index in [1.54, 1.807) is 31.2 Å². The maximum atomic E-state index is 11.8. The molecular weight excluding hydrogens is 270 g/mol. The molecule has 0 aliphatic heterocycles. The number of urea groups is 1. The van der Waals surface area contributed by atoms with Gasteiger partial charge in [-0.1, -0.05) is 12.1 Å². The standard InChI is InChI=1S/C15H21N3O3/c1-9(2)16-14(20)10(3)17-15(21)18-13-7-5-6-12(8-13)11(4)19/h5-10H,1-4H3,(H,16,20)(H2,17,18,21). The van der Waals surface area contributed by atoms with Gasteiger partial charge in [-0.05, 0) is 39.8 Å². The third-order valence-corrected chi connectivity index (χ3v) is 2.70. The van der Waals surface area contributed by atoms with Crippen molar-refractivity contribution in [1.29, 1.82) is 0 Å². The van der Waals surface area contributed by atoms with E-state index < -0.39 is 12.1 Å². The lowest BCUT2D eigenvalue weighted by molar-refractivity contribution is -0.123. The molecule has 6 nitrogen and oxygen atoms in total. The average Bonchev–Trinajstić information content (AvgIpc) is 2.37. The Morgan fingerprint density at radius 1 is 1.05 bits per heavy atom. The number of Topliss-reactive ketones (excluding diaryl/α,β-unsaturated/α-hetero) is 1. The SMILES string of the molecule is CC(=O)c1cccc(NC(=O)NC(C)C(=O)NC(C)C)c1. The van der Waals surface area contributed by atoms with E-state index in [0.717, 1.165) is 0 Å². The maximum Gasteiger partial charge on any atom is 0.319 e. The molecule has 114 valence electrons. The van der Waals surface area contributed by atoms with Gasteiger partial charge >= 0.3 is 6.03 Å². The van der Waals surface area contributed by atoms with Gasteiger partial charge in [0.05, 0.1) is 0 Å². The molecule has 3 amide bonds. The topological polar surface area (TPSA) is 87.3 Å². The van der Waals surface area contributed by atoms with E-state index >= 15 is 0 Å². The van der Waals surface area contributed by atoms with Crippen LogP contribution in [0.15, 0.2) is 24.3 Å². The summed E-state index contributed by atoms with van der Waals surface area (Å²) in [6.07, 6.45) is 0. The van der Waals surface area contributed by atoms with Crippen molar-refractivity contribution in [2.24, 2.45) is 0 Å². The van der Waals surface area contributed by atoms with E-state index in [2.05, 4.69) is 16.0 Å². The number of carbonyl (C=O) groups is 3. The van der Waals surface area contributed by atoms with E-state index in [0.29, 0.717) is 11.3 Å². The van der Waals surface area contributed by atoms with Gasteiger partial charge in [0.15, 0.2) is 5.78 Å². The Bertz CT molecular complexity index is 541. The first-order valence-corrected chi connectivity index (χ1v) is 6.78. The largest absolute Gasteiger partial charge is 0.352 e. The second-order valence-electron chi connectivity index (χ2n) is 5.12. The predicted molar refractivity (Wildman–Crippen MR) is 81.3 cm³/mol. The second-order valence-corrected chi connectivity index (χ2v) is 5.12. The lowest BCUT2D eigenvalue weighted by atomic mass is 10.1. The fourth-order valence-electron chi connectivity index (χ4n) is 1.65. The van der Waals surface area contributed by atoms with E-state index in [4.69, 9.17) is 0 Å². The Hall–Kier alpha value is -2.37. The van der Waals surface area contributed by atoms with Crippen LogP contribution in [0.2, 0.25) is 0 Å². The number of anilines is 1. The fourth-order valence-corrected chi connectivity index (χ4v) is 1.65. The van der Waals surface area contributed by atoms with Crippen LogP contribution in [0.3, 0.4) is 0 Å². The third-order valence-electron chi connectivity index (χ3n) is 2.70. The quantitative estimate of drug-likeness (QED) is 0.724. The summed E-state index contributed by atoms with van der Waals surface area (Å²) in [5.41, 5.74) is 1.01. The van der Waals surface area contributed by atoms with Gasteiger partial charge in [0, 0.05) is 17.3 Å². The molecule has 21 heavy (non-hydrogen) atoms. The van der Waals surface area contributed by atoms with Gasteiger partial charge in [0.1, 0.15) is 6.04 Å². The number of benzene rings is 1. The summed E-state index contributed by atoms with van der Waals surface area (Å²) < 4.78 is 0. The normalized spacial score (nSPS) is 11.7. The molecule has 1 rings (SSSR count). The molecule has 1 aromatic carbocycles. The van der Waals surface area contributed by atoms with Crippen molar-refractivity contribution in [3.8, 4) is 0 Å². The molecule has 0 spiro atoms. The summed E-state index contributed by atoms with van der Waals surface area (Å²) in [4.78, 5) is 34.8. The minimum absolute atomic E-state index is 0.0112. The van der Waals surface area contributed by atoms with E-state index in [9.17, 15) is 14.4 Å². The second kappa shape index (κ2) is 7.42. The third kappa shape index (κ3) is 5.64. The molecule has 0 heterocycles. The first-order chi connectivity index (χ1) is 9.79. The summed E-state index contributed by atoms with van der Waals surface area (Å²) in [5.74, 6) is -0.332. The highest BCUT2D eigenvalue weighted by atomic mass is 16.2. The zero-order valence-electron chi connectivity index (χ0n) is 12.7. The molecule has 0 saturated heterocycles. The average molecular weight is 291 g/mol. The minimum Gasteiger partial charge on any atom is -0.352 e. The van der Waals surface area contributed by atoms with Gasteiger partial charge in [-0.3, -0.25) is 9.59 Å². The minimum atomic E-state index is -0.650. The van der Waals surface area contributed by atoms with Crippen molar-refractivity contribution in [2.75, 3.05) is 5.32 Å². The highest BCUT2D eigenvalue weighted by Gasteiger charge is 2.16. The number of rotatable bonds is 5. The molecule has 6 heteroatoms. The molecule has 0 bridgehead atoms. The number of hydrogen-bond acceptors (Lipinski definition) is 3. The zero-order chi connectivity index (χ0) is 16.0. The molecule has 1 aromatic rings. The highest BCUT2D eigenvalue weighted by molar-refractivity contribution is 5.97. The number of nitrogens with one attached hydrogen (secondary N) is 3. The summed E-state index contributed by atoms with van der Waals surface area (Å²) in [5, 5.41) is 7.84. The fraction of sp³-hybridized carbons (Fsp3) is 0.400. The van der Waals surface area contributed by atoms with Crippen molar-refractivity contribution in [3.05, 3.63) is 29.8 Å². The van der Waals surface area contributed by atoms with Gasteiger partial charge in [-0.15, -0.1) is 0 Å². The van der Waals surface area contributed by atoms with Crippen LogP contribution in [0.25, 0.3) is 0 Å². The number of hydrogen-bond donors (Lipinski definition) is 3. The smallest absolute Gasteiger partial charge is 0.319 e. The number of amides is 3. The van der Waals surface area contributed by atoms with Crippen LogP contribution < -0.4 is 16.0 Å². The van der Waals surface area contributed by atoms with E-state index in [1.807, 2.05) is 13.8 Å². The van der Waals surface area contributed by atoms with Crippen LogP contribution in [-0.4, -0.2) is 29.8 Å². The molecule has 0 fully saturated rings. The Balaban J connectivity index is 2.59. The summed E-state index contributed by atoms with van der Waals surface area (Å²) in [6, 6.07) is 5.47. The zero-order valence-corrected chi connectivity index (χ0v) is 12.7. The Morgan fingerprint density at radius 2 is 1.71 bits per heavy atom. The summed E-state index contributed by atoms with van der Waals surface area (Å²) in [6.45, 7) is 6.75. The van der Waals surface area contributed by atoms with Crippen LogP contribution in [0.1, 0.15) is 38.1 Å². The van der Waals surface area contributed by atoms with Gasteiger partial charge in [-0.25, -0.2) is 4.79 Å². The molecular formula is C15H21N3O3. The Labute approximate surface area is 124 Å². The van der Waals surface area contributed by atoms with E-state index in [-0.39, 0.29) is 17.7 Å². The molecule has 0 saturated carbocycles. The Morgan fingerprint density at radius 3 is 2.29 bits per heavy atom. The summed E-state index contributed by atoms with van der Waals surface area (Å²) >= 11 is 0. The molecule has 0 aromatic heterocycles. The van der Waals surface area contributed by atoms with E-state index in [1.165, 1.54) is 6.92 Å². The summed E-state index contributed by atoms with van der Waals surface area (Å²) in [7, 11) is 0. The Kier molecular flexibility index (Phi) is 5.90. The van der Waals surface area contributed by atoms with Gasteiger partial charge in [0.25, 0.3) is 0 Å². The first kappa shape index (κ1) is 16.7. The van der Waals surface area contributed by atoms with Gasteiger partial charge in [-0.2, -0.15) is 0 Å². The monoisotopic (exact) mass is 291 g/mol. The van der Waals surface area contributed by atoms with Crippen molar-refractivity contribution in [2.45, 2.75) is 39.8 Å². The van der Waals surface area contributed by atoms with Crippen molar-refractivity contribution in [1.82, 2.24) is 10.6 Å². The maximum absolute atomic E-state index is 11.8. The van der Waals surface area contributed by atoms with Crippen molar-refractivity contribution < 1.29 is 14.4 Å². The van der Waals surface area contributed by atoms with Crippen LogP contribution in [0.5, 0.6) is 0 Å². The van der Waals surface area contributed by atoms with Crippen LogP contribution in [0, 0.1) is 0 Å². The van der Waals surface area contributed by atoms with Gasteiger partial charge in [0.2, 0.25) is 5.91 Å². The van der Waals surface area contributed by atoms with Crippen molar-refractivity contribution >= 4 is 23.4 Å². The molecule has 0 aliphatic rings. The number of ketones is 1. The molecule has 0 aliphatic carbocycles.